The molecule has 0 atom stereocenters. The molecular formula is C25H24BrN3O4S3. The van der Waals surface area contributed by atoms with Gasteiger partial charge in [-0.2, -0.15) is 4.99 Å². The van der Waals surface area contributed by atoms with Gasteiger partial charge in [-0.05, 0) is 49.4 Å². The van der Waals surface area contributed by atoms with Crippen LogP contribution in [0.1, 0.15) is 40.1 Å². The summed E-state index contributed by atoms with van der Waals surface area (Å²) >= 11 is 7.47. The summed E-state index contributed by atoms with van der Waals surface area (Å²) < 4.78 is 8.71. The lowest BCUT2D eigenvalue weighted by Crippen LogP contribution is -2.19. The molecule has 1 aliphatic carbocycles. The smallest absolute Gasteiger partial charge is 0.341 e. The second-order valence-electron chi connectivity index (χ2n) is 8.09. The molecule has 0 saturated heterocycles. The third kappa shape index (κ3) is 6.11. The molecule has 4 rings (SSSR count). The quantitative estimate of drug-likeness (QED) is 0.232. The first-order valence-corrected chi connectivity index (χ1v) is 14.9. The Labute approximate surface area is 229 Å². The molecule has 1 aromatic carbocycles. The van der Waals surface area contributed by atoms with Crippen LogP contribution in [0.15, 0.2) is 27.7 Å². The summed E-state index contributed by atoms with van der Waals surface area (Å²) in [5, 5.41) is 3.39. The highest BCUT2D eigenvalue weighted by Crippen LogP contribution is 2.38. The minimum atomic E-state index is -0.429. The maximum Gasteiger partial charge on any atom is 0.341 e. The van der Waals surface area contributed by atoms with Crippen molar-refractivity contribution in [1.29, 1.82) is 0 Å². The number of aromatic nitrogens is 1. The van der Waals surface area contributed by atoms with Crippen molar-refractivity contribution in [2.45, 2.75) is 38.6 Å². The number of hydrogen-bond donors (Lipinski definition) is 1. The van der Waals surface area contributed by atoms with Crippen LogP contribution in [0.25, 0.3) is 10.2 Å². The van der Waals surface area contributed by atoms with Crippen molar-refractivity contribution in [3.63, 3.8) is 0 Å². The van der Waals surface area contributed by atoms with Gasteiger partial charge in [0.2, 0.25) is 5.91 Å². The number of rotatable bonds is 7. The van der Waals surface area contributed by atoms with Gasteiger partial charge in [0.25, 0.3) is 5.91 Å². The number of aryl methyl sites for hydroxylation is 1. The Morgan fingerprint density at radius 2 is 2.03 bits per heavy atom. The number of thioether (sulfide) groups is 1. The van der Waals surface area contributed by atoms with Gasteiger partial charge >= 0.3 is 5.97 Å². The second kappa shape index (κ2) is 12.2. The molecule has 36 heavy (non-hydrogen) atoms. The molecule has 188 valence electrons. The topological polar surface area (TPSA) is 89.8 Å². The normalized spacial score (nSPS) is 13.6. The van der Waals surface area contributed by atoms with E-state index < -0.39 is 5.97 Å². The first kappa shape index (κ1) is 26.7. The zero-order chi connectivity index (χ0) is 25.7. The standard InChI is InChI=1S/C25H24BrN3O4S3/c1-3-11-29-17-10-9-15(26)12-19(17)36-25(29)28-21(31)14-34-13-20(30)27-23-22(24(32)33-2)16-7-5-4-6-8-18(16)35-23/h1,9-10,12H,4-8,11,13-14H2,2H3,(H,27,30). The van der Waals surface area contributed by atoms with Gasteiger partial charge in [-0.3, -0.25) is 9.59 Å². The summed E-state index contributed by atoms with van der Waals surface area (Å²) in [5.41, 5.74) is 2.38. The molecule has 0 fully saturated rings. The molecule has 3 aromatic rings. The minimum absolute atomic E-state index is 0.0478. The molecule has 0 radical (unpaired) electrons. The first-order chi connectivity index (χ1) is 17.4. The number of terminal acetylenes is 1. The first-order valence-electron chi connectivity index (χ1n) is 11.3. The third-order valence-electron chi connectivity index (χ3n) is 5.64. The zero-order valence-electron chi connectivity index (χ0n) is 19.6. The Morgan fingerprint density at radius 3 is 2.81 bits per heavy atom. The van der Waals surface area contributed by atoms with E-state index in [4.69, 9.17) is 11.2 Å². The zero-order valence-corrected chi connectivity index (χ0v) is 23.6. The Kier molecular flexibility index (Phi) is 9.06. The van der Waals surface area contributed by atoms with Gasteiger partial charge in [0.1, 0.15) is 5.00 Å². The SMILES string of the molecule is C#CCn1c(=NC(=O)CSCC(=O)Nc2sc3c(c2C(=O)OC)CCCCC3)sc2cc(Br)ccc21. The number of carbonyl (C=O) groups is 3. The van der Waals surface area contributed by atoms with Crippen molar-refractivity contribution in [2.24, 2.45) is 4.99 Å². The van der Waals surface area contributed by atoms with Gasteiger partial charge in [-0.1, -0.05) is 39.6 Å². The van der Waals surface area contributed by atoms with Crippen LogP contribution in [-0.2, 0) is 33.7 Å². The summed E-state index contributed by atoms with van der Waals surface area (Å²) in [6, 6.07) is 5.81. The summed E-state index contributed by atoms with van der Waals surface area (Å²) in [7, 11) is 1.35. The number of ether oxygens (including phenoxy) is 1. The number of amides is 2. The van der Waals surface area contributed by atoms with E-state index in [9.17, 15) is 14.4 Å². The van der Waals surface area contributed by atoms with Crippen molar-refractivity contribution in [3.8, 4) is 12.3 Å². The Balaban J connectivity index is 1.41. The van der Waals surface area contributed by atoms with Crippen molar-refractivity contribution in [3.05, 3.63) is 43.5 Å². The van der Waals surface area contributed by atoms with E-state index in [-0.39, 0.29) is 23.3 Å². The number of nitrogens with one attached hydrogen (secondary N) is 1. The minimum Gasteiger partial charge on any atom is -0.465 e. The van der Waals surface area contributed by atoms with Crippen LogP contribution in [-0.4, -0.2) is 41.0 Å². The number of benzene rings is 1. The number of esters is 1. The molecule has 2 aromatic heterocycles. The fourth-order valence-electron chi connectivity index (χ4n) is 4.06. The van der Waals surface area contributed by atoms with Crippen molar-refractivity contribution in [2.75, 3.05) is 23.9 Å². The van der Waals surface area contributed by atoms with Crippen LogP contribution < -0.4 is 10.1 Å². The van der Waals surface area contributed by atoms with Crippen LogP contribution in [0.2, 0.25) is 0 Å². The van der Waals surface area contributed by atoms with Crippen molar-refractivity contribution in [1.82, 2.24) is 4.57 Å². The Morgan fingerprint density at radius 1 is 1.22 bits per heavy atom. The highest BCUT2D eigenvalue weighted by Gasteiger charge is 2.26. The number of carbonyl (C=O) groups excluding carboxylic acids is 3. The number of methoxy groups -OCH3 is 1. The Hall–Kier alpha value is -2.39. The number of halogens is 1. The lowest BCUT2D eigenvalue weighted by Gasteiger charge is -2.07. The summed E-state index contributed by atoms with van der Waals surface area (Å²) in [6.45, 7) is 0.302. The van der Waals surface area contributed by atoms with Crippen LogP contribution >= 0.6 is 50.4 Å². The fraction of sp³-hybridized carbons (Fsp3) is 0.360. The molecule has 0 spiro atoms. The van der Waals surface area contributed by atoms with Crippen LogP contribution in [0, 0.1) is 12.3 Å². The third-order valence-corrected chi connectivity index (χ3v) is 9.30. The molecule has 2 heterocycles. The molecule has 0 bridgehead atoms. The summed E-state index contributed by atoms with van der Waals surface area (Å²) in [5.74, 6) is 1.67. The molecule has 1 aliphatic rings. The van der Waals surface area contributed by atoms with Gasteiger partial charge in [0, 0.05) is 9.35 Å². The van der Waals surface area contributed by atoms with Crippen molar-refractivity contribution < 1.29 is 19.1 Å². The Bertz CT molecular complexity index is 1430. The maximum atomic E-state index is 12.6. The highest BCUT2D eigenvalue weighted by atomic mass is 79.9. The van der Waals surface area contributed by atoms with E-state index >= 15 is 0 Å². The van der Waals surface area contributed by atoms with E-state index in [2.05, 4.69) is 32.2 Å². The van der Waals surface area contributed by atoms with Gasteiger partial charge in [0.05, 0.1) is 40.9 Å². The molecule has 2 amide bonds. The van der Waals surface area contributed by atoms with Crippen LogP contribution in [0.5, 0.6) is 0 Å². The van der Waals surface area contributed by atoms with Crippen LogP contribution in [0.3, 0.4) is 0 Å². The van der Waals surface area contributed by atoms with E-state index in [1.165, 1.54) is 41.5 Å². The second-order valence-corrected chi connectivity index (χ2v) is 12.1. The average molecular weight is 607 g/mol. The van der Waals surface area contributed by atoms with E-state index in [0.29, 0.717) is 21.9 Å². The molecule has 1 N–H and O–H groups in total. The van der Waals surface area contributed by atoms with E-state index in [0.717, 1.165) is 57.2 Å². The van der Waals surface area contributed by atoms with Gasteiger partial charge in [-0.15, -0.1) is 29.5 Å². The predicted molar refractivity (Wildman–Crippen MR) is 150 cm³/mol. The van der Waals surface area contributed by atoms with Gasteiger partial charge < -0.3 is 14.6 Å². The molecule has 11 heteroatoms. The van der Waals surface area contributed by atoms with Crippen molar-refractivity contribution >= 4 is 83.4 Å². The van der Waals surface area contributed by atoms with Crippen LogP contribution in [0.4, 0.5) is 5.00 Å². The van der Waals surface area contributed by atoms with E-state index in [1.807, 2.05) is 22.8 Å². The lowest BCUT2D eigenvalue weighted by atomic mass is 10.1. The van der Waals surface area contributed by atoms with Gasteiger partial charge in [-0.25, -0.2) is 4.79 Å². The molecule has 7 nitrogen and oxygen atoms in total. The largest absolute Gasteiger partial charge is 0.465 e. The van der Waals surface area contributed by atoms with Gasteiger partial charge in [0.15, 0.2) is 4.80 Å². The monoisotopic (exact) mass is 605 g/mol. The molecule has 0 aliphatic heterocycles. The molecular weight excluding hydrogens is 582 g/mol. The van der Waals surface area contributed by atoms with E-state index in [1.54, 1.807) is 0 Å². The highest BCUT2D eigenvalue weighted by molar-refractivity contribution is 9.10. The predicted octanol–water partition coefficient (Wildman–Crippen LogP) is 5.01. The average Bonchev–Trinajstić information content (AvgIpc) is 3.25. The fourth-order valence-corrected chi connectivity index (χ4v) is 7.55. The number of thiazole rings is 1. The molecule has 0 saturated carbocycles. The summed E-state index contributed by atoms with van der Waals surface area (Å²) in [6.07, 6.45) is 10.4. The number of thiophene rings is 1. The number of nitrogens with zero attached hydrogens (tertiary/aromatic N) is 2. The summed E-state index contributed by atoms with van der Waals surface area (Å²) in [4.78, 5) is 43.6. The lowest BCUT2D eigenvalue weighted by molar-refractivity contribution is -0.115. The maximum absolute atomic E-state index is 12.6. The number of fused-ring (bicyclic) bond motifs is 2. The molecule has 0 unspecified atom stereocenters. The number of hydrogen-bond acceptors (Lipinski definition) is 7. The number of anilines is 1.